The minimum Gasteiger partial charge on any atom is -0.464 e. The summed E-state index contributed by atoms with van der Waals surface area (Å²) in [5.41, 5.74) is 0.319. The SMILES string of the molecule is COC(=O)c1cc(Cl)c2cnoc2n1. The van der Waals surface area contributed by atoms with Gasteiger partial charge in [0.15, 0.2) is 5.69 Å². The van der Waals surface area contributed by atoms with E-state index < -0.39 is 5.97 Å². The molecular formula is C8H5ClN2O3. The summed E-state index contributed by atoms with van der Waals surface area (Å²) in [6.45, 7) is 0. The molecule has 2 rings (SSSR count). The zero-order valence-electron chi connectivity index (χ0n) is 7.15. The fourth-order valence-electron chi connectivity index (χ4n) is 1.03. The summed E-state index contributed by atoms with van der Waals surface area (Å²) in [6.07, 6.45) is 1.44. The molecule has 72 valence electrons. The highest BCUT2D eigenvalue weighted by Gasteiger charge is 2.13. The van der Waals surface area contributed by atoms with Gasteiger partial charge in [-0.2, -0.15) is 0 Å². The molecule has 0 aliphatic rings. The van der Waals surface area contributed by atoms with Crippen molar-refractivity contribution in [1.82, 2.24) is 10.1 Å². The molecule has 0 atom stereocenters. The summed E-state index contributed by atoms with van der Waals surface area (Å²) in [4.78, 5) is 15.0. The maximum atomic E-state index is 11.1. The number of ether oxygens (including phenoxy) is 1. The molecule has 0 N–H and O–H groups in total. The van der Waals surface area contributed by atoms with E-state index in [1.807, 2.05) is 0 Å². The summed E-state index contributed by atoms with van der Waals surface area (Å²) >= 11 is 5.86. The van der Waals surface area contributed by atoms with Gasteiger partial charge in [-0.05, 0) is 6.07 Å². The van der Waals surface area contributed by atoms with Crippen LogP contribution in [0.2, 0.25) is 5.02 Å². The first-order valence-electron chi connectivity index (χ1n) is 3.71. The Kier molecular flexibility index (Phi) is 2.09. The Balaban J connectivity index is 2.64. The van der Waals surface area contributed by atoms with Crippen molar-refractivity contribution in [2.45, 2.75) is 0 Å². The molecule has 0 fully saturated rings. The van der Waals surface area contributed by atoms with E-state index in [4.69, 9.17) is 16.1 Å². The second-order valence-electron chi connectivity index (χ2n) is 2.53. The second kappa shape index (κ2) is 3.26. The van der Waals surface area contributed by atoms with Gasteiger partial charge in [0.2, 0.25) is 0 Å². The molecule has 5 nitrogen and oxygen atoms in total. The molecular weight excluding hydrogens is 208 g/mol. The van der Waals surface area contributed by atoms with Crippen molar-refractivity contribution >= 4 is 28.7 Å². The van der Waals surface area contributed by atoms with Gasteiger partial charge in [0.1, 0.15) is 0 Å². The van der Waals surface area contributed by atoms with E-state index in [1.165, 1.54) is 19.4 Å². The van der Waals surface area contributed by atoms with Gasteiger partial charge in [-0.3, -0.25) is 0 Å². The minimum absolute atomic E-state index is 0.0988. The smallest absolute Gasteiger partial charge is 0.356 e. The lowest BCUT2D eigenvalue weighted by atomic mass is 10.3. The molecule has 0 spiro atoms. The van der Waals surface area contributed by atoms with E-state index in [2.05, 4.69) is 14.9 Å². The molecule has 0 bridgehead atoms. The average molecular weight is 213 g/mol. The highest BCUT2D eigenvalue weighted by molar-refractivity contribution is 6.35. The van der Waals surface area contributed by atoms with Gasteiger partial charge < -0.3 is 9.26 Å². The summed E-state index contributed by atoms with van der Waals surface area (Å²) in [6, 6.07) is 1.41. The van der Waals surface area contributed by atoms with Crippen LogP contribution in [0.1, 0.15) is 10.5 Å². The number of hydrogen-bond acceptors (Lipinski definition) is 5. The topological polar surface area (TPSA) is 65.2 Å². The standard InChI is InChI=1S/C8H5ClN2O3/c1-13-8(12)6-2-5(9)4-3-10-14-7(4)11-6/h2-3H,1H3. The third-order valence-electron chi connectivity index (χ3n) is 1.69. The van der Waals surface area contributed by atoms with Gasteiger partial charge in [0, 0.05) is 0 Å². The molecule has 0 radical (unpaired) electrons. The Bertz CT molecular complexity index is 494. The number of carbonyl (C=O) groups excluding carboxylic acids is 1. The first-order chi connectivity index (χ1) is 6.72. The monoisotopic (exact) mass is 212 g/mol. The number of pyridine rings is 1. The van der Waals surface area contributed by atoms with Gasteiger partial charge >= 0.3 is 5.97 Å². The molecule has 0 saturated carbocycles. The molecule has 0 unspecified atom stereocenters. The Morgan fingerprint density at radius 2 is 2.43 bits per heavy atom. The van der Waals surface area contributed by atoms with Crippen LogP contribution in [0, 0.1) is 0 Å². The van der Waals surface area contributed by atoms with E-state index in [0.717, 1.165) is 0 Å². The van der Waals surface area contributed by atoms with Crippen LogP contribution in [0.15, 0.2) is 16.8 Å². The summed E-state index contributed by atoms with van der Waals surface area (Å²) < 4.78 is 9.28. The number of esters is 1. The predicted molar refractivity (Wildman–Crippen MR) is 48.2 cm³/mol. The Morgan fingerprint density at radius 1 is 1.64 bits per heavy atom. The molecule has 0 amide bonds. The van der Waals surface area contributed by atoms with Crippen LogP contribution in [0.4, 0.5) is 0 Å². The summed E-state index contributed by atoms with van der Waals surface area (Å²) in [5, 5.41) is 4.44. The normalized spacial score (nSPS) is 10.4. The van der Waals surface area contributed by atoms with Gasteiger partial charge in [-0.1, -0.05) is 16.8 Å². The van der Waals surface area contributed by atoms with E-state index in [1.54, 1.807) is 0 Å². The third-order valence-corrected chi connectivity index (χ3v) is 2.00. The van der Waals surface area contributed by atoms with Crippen LogP contribution in [0.25, 0.3) is 11.1 Å². The number of fused-ring (bicyclic) bond motifs is 1. The Morgan fingerprint density at radius 3 is 3.14 bits per heavy atom. The van der Waals surface area contributed by atoms with Crippen LogP contribution in [0.3, 0.4) is 0 Å². The predicted octanol–water partition coefficient (Wildman–Crippen LogP) is 1.66. The first-order valence-corrected chi connectivity index (χ1v) is 4.09. The molecule has 0 aliphatic heterocycles. The lowest BCUT2D eigenvalue weighted by molar-refractivity contribution is 0.0594. The fourth-order valence-corrected chi connectivity index (χ4v) is 1.26. The van der Waals surface area contributed by atoms with Crippen molar-refractivity contribution in [2.24, 2.45) is 0 Å². The largest absolute Gasteiger partial charge is 0.464 e. The molecule has 0 aromatic carbocycles. The van der Waals surface area contributed by atoms with Crippen molar-refractivity contribution in [1.29, 1.82) is 0 Å². The quantitative estimate of drug-likeness (QED) is 0.673. The summed E-state index contributed by atoms with van der Waals surface area (Å²) in [7, 11) is 1.27. The molecule has 0 saturated heterocycles. The molecule has 2 aromatic rings. The van der Waals surface area contributed by atoms with Crippen molar-refractivity contribution in [2.75, 3.05) is 7.11 Å². The number of aromatic nitrogens is 2. The highest BCUT2D eigenvalue weighted by Crippen LogP contribution is 2.22. The number of hydrogen-bond donors (Lipinski definition) is 0. The molecule has 0 aliphatic carbocycles. The zero-order chi connectivity index (χ0) is 10.1. The highest BCUT2D eigenvalue weighted by atomic mass is 35.5. The number of methoxy groups -OCH3 is 1. The number of halogens is 1. The van der Waals surface area contributed by atoms with E-state index >= 15 is 0 Å². The Labute approximate surface area is 83.6 Å². The lowest BCUT2D eigenvalue weighted by Crippen LogP contribution is -2.03. The van der Waals surface area contributed by atoms with Crippen LogP contribution < -0.4 is 0 Å². The van der Waals surface area contributed by atoms with E-state index in [0.29, 0.717) is 10.4 Å². The van der Waals surface area contributed by atoms with Gasteiger partial charge in [0.05, 0.1) is 23.7 Å². The zero-order valence-corrected chi connectivity index (χ0v) is 7.91. The van der Waals surface area contributed by atoms with Crippen LogP contribution >= 0.6 is 11.6 Å². The van der Waals surface area contributed by atoms with Gasteiger partial charge in [-0.15, -0.1) is 0 Å². The third kappa shape index (κ3) is 1.31. The number of carbonyl (C=O) groups is 1. The molecule has 6 heteroatoms. The average Bonchev–Trinajstić information content (AvgIpc) is 2.64. The van der Waals surface area contributed by atoms with Crippen molar-refractivity contribution in [3.63, 3.8) is 0 Å². The Hall–Kier alpha value is -1.62. The number of nitrogens with zero attached hydrogens (tertiary/aromatic N) is 2. The lowest BCUT2D eigenvalue weighted by Gasteiger charge is -1.98. The minimum atomic E-state index is -0.565. The summed E-state index contributed by atoms with van der Waals surface area (Å²) in [5.74, 6) is -0.565. The van der Waals surface area contributed by atoms with Crippen LogP contribution in [-0.4, -0.2) is 23.2 Å². The van der Waals surface area contributed by atoms with Gasteiger partial charge in [0.25, 0.3) is 5.71 Å². The van der Waals surface area contributed by atoms with Crippen molar-refractivity contribution < 1.29 is 14.1 Å². The molecule has 2 aromatic heterocycles. The second-order valence-corrected chi connectivity index (χ2v) is 2.93. The molecule has 14 heavy (non-hydrogen) atoms. The fraction of sp³-hybridized carbons (Fsp3) is 0.125. The maximum absolute atomic E-state index is 11.1. The van der Waals surface area contributed by atoms with Crippen LogP contribution in [-0.2, 0) is 4.74 Å². The maximum Gasteiger partial charge on any atom is 0.356 e. The van der Waals surface area contributed by atoms with Crippen molar-refractivity contribution in [3.8, 4) is 0 Å². The van der Waals surface area contributed by atoms with Gasteiger partial charge in [-0.25, -0.2) is 9.78 Å². The molecule has 2 heterocycles. The van der Waals surface area contributed by atoms with Crippen molar-refractivity contribution in [3.05, 3.63) is 23.0 Å². The number of rotatable bonds is 1. The van der Waals surface area contributed by atoms with E-state index in [9.17, 15) is 4.79 Å². The first kappa shape index (κ1) is 8.96. The van der Waals surface area contributed by atoms with Crippen LogP contribution in [0.5, 0.6) is 0 Å². The van der Waals surface area contributed by atoms with E-state index in [-0.39, 0.29) is 11.4 Å².